The van der Waals surface area contributed by atoms with Gasteiger partial charge in [0.05, 0.1) is 6.07 Å². The van der Waals surface area contributed by atoms with Gasteiger partial charge in [-0.25, -0.2) is 0 Å². The number of rotatable bonds is 3. The first-order valence-corrected chi connectivity index (χ1v) is 5.63. The zero-order chi connectivity index (χ0) is 11.4. The first kappa shape index (κ1) is 10.9. The minimum Gasteiger partial charge on any atom is -0.299 e. The molecule has 1 unspecified atom stereocenters. The van der Waals surface area contributed by atoms with Crippen molar-refractivity contribution < 1.29 is 0 Å². The molecule has 1 aliphatic rings. The van der Waals surface area contributed by atoms with E-state index in [-0.39, 0.29) is 0 Å². The average molecular weight is 212 g/mol. The Kier molecular flexibility index (Phi) is 3.38. The number of benzene rings is 1. The van der Waals surface area contributed by atoms with Crippen molar-refractivity contribution in [2.45, 2.75) is 25.4 Å². The van der Waals surface area contributed by atoms with Gasteiger partial charge in [-0.3, -0.25) is 4.90 Å². The first-order valence-electron chi connectivity index (χ1n) is 5.63. The molecule has 1 aliphatic carbocycles. The summed E-state index contributed by atoms with van der Waals surface area (Å²) < 4.78 is 0. The summed E-state index contributed by atoms with van der Waals surface area (Å²) in [7, 11) is 2.13. The van der Waals surface area contributed by atoms with E-state index in [1.165, 1.54) is 5.56 Å². The van der Waals surface area contributed by atoms with E-state index in [0.29, 0.717) is 6.04 Å². The van der Waals surface area contributed by atoms with Crippen molar-refractivity contribution >= 4 is 0 Å². The van der Waals surface area contributed by atoms with Gasteiger partial charge in [0, 0.05) is 18.2 Å². The highest BCUT2D eigenvalue weighted by atomic mass is 15.1. The van der Waals surface area contributed by atoms with E-state index < -0.39 is 0 Å². The fourth-order valence-electron chi connectivity index (χ4n) is 2.13. The van der Waals surface area contributed by atoms with Gasteiger partial charge in [0.1, 0.15) is 0 Å². The Hall–Kier alpha value is -1.59. The summed E-state index contributed by atoms with van der Waals surface area (Å²) in [6.07, 6.45) is 3.97. The molecule has 0 radical (unpaired) electrons. The number of nitrogens with zero attached hydrogens (tertiary/aromatic N) is 2. The number of hydrogen-bond acceptors (Lipinski definition) is 2. The van der Waals surface area contributed by atoms with Crippen LogP contribution in [0, 0.1) is 11.3 Å². The molecule has 16 heavy (non-hydrogen) atoms. The van der Waals surface area contributed by atoms with Crippen LogP contribution >= 0.6 is 0 Å². The zero-order valence-corrected chi connectivity index (χ0v) is 9.56. The van der Waals surface area contributed by atoms with Crippen molar-refractivity contribution in [3.63, 3.8) is 0 Å². The molecule has 0 saturated carbocycles. The Morgan fingerprint density at radius 1 is 1.38 bits per heavy atom. The number of nitriles is 1. The molecule has 1 aromatic carbocycles. The predicted molar refractivity (Wildman–Crippen MR) is 64.6 cm³/mol. The molecule has 0 aromatic heterocycles. The SMILES string of the molecule is CN(Cc1ccccc1)C1CC=C(C#N)C1. The molecule has 82 valence electrons. The number of hydrogen-bond donors (Lipinski definition) is 0. The van der Waals surface area contributed by atoms with E-state index in [2.05, 4.69) is 48.4 Å². The van der Waals surface area contributed by atoms with Crippen molar-refractivity contribution in [3.05, 3.63) is 47.5 Å². The summed E-state index contributed by atoms with van der Waals surface area (Å²) in [5.41, 5.74) is 2.26. The van der Waals surface area contributed by atoms with E-state index >= 15 is 0 Å². The second kappa shape index (κ2) is 4.96. The largest absolute Gasteiger partial charge is 0.299 e. The van der Waals surface area contributed by atoms with Crippen LogP contribution in [0.2, 0.25) is 0 Å². The van der Waals surface area contributed by atoms with Crippen LogP contribution in [0.4, 0.5) is 0 Å². The third-order valence-corrected chi connectivity index (χ3v) is 3.13. The molecule has 1 aromatic rings. The predicted octanol–water partition coefficient (Wildman–Crippen LogP) is 2.73. The quantitative estimate of drug-likeness (QED) is 0.770. The summed E-state index contributed by atoms with van der Waals surface area (Å²) in [6.45, 7) is 0.956. The van der Waals surface area contributed by atoms with Crippen LogP contribution < -0.4 is 0 Å². The molecule has 0 fully saturated rings. The molecule has 0 saturated heterocycles. The van der Waals surface area contributed by atoms with Gasteiger partial charge in [-0.2, -0.15) is 5.26 Å². The van der Waals surface area contributed by atoms with Gasteiger partial charge in [0.2, 0.25) is 0 Å². The van der Waals surface area contributed by atoms with Crippen LogP contribution in [0.5, 0.6) is 0 Å². The van der Waals surface area contributed by atoms with Gasteiger partial charge >= 0.3 is 0 Å². The monoisotopic (exact) mass is 212 g/mol. The molecular formula is C14H16N2. The smallest absolute Gasteiger partial charge is 0.0944 e. The Morgan fingerprint density at radius 3 is 2.75 bits per heavy atom. The highest BCUT2D eigenvalue weighted by Gasteiger charge is 2.20. The van der Waals surface area contributed by atoms with Crippen LogP contribution in [-0.4, -0.2) is 18.0 Å². The lowest BCUT2D eigenvalue weighted by molar-refractivity contribution is 0.242. The van der Waals surface area contributed by atoms with E-state index in [9.17, 15) is 0 Å². The van der Waals surface area contributed by atoms with Crippen molar-refractivity contribution in [3.8, 4) is 6.07 Å². The van der Waals surface area contributed by atoms with Crippen LogP contribution in [0.25, 0.3) is 0 Å². The standard InChI is InChI=1S/C14H16N2/c1-16(11-12-5-3-2-4-6-12)14-8-7-13(9-14)10-15/h2-7,14H,8-9,11H2,1H3. The topological polar surface area (TPSA) is 27.0 Å². The zero-order valence-electron chi connectivity index (χ0n) is 9.56. The van der Waals surface area contributed by atoms with Crippen molar-refractivity contribution in [1.82, 2.24) is 4.90 Å². The average Bonchev–Trinajstić information content (AvgIpc) is 2.79. The third kappa shape index (κ3) is 2.50. The van der Waals surface area contributed by atoms with Crippen LogP contribution in [0.3, 0.4) is 0 Å². The highest BCUT2D eigenvalue weighted by Crippen LogP contribution is 2.23. The lowest BCUT2D eigenvalue weighted by Gasteiger charge is -2.24. The molecule has 0 N–H and O–H groups in total. The lowest BCUT2D eigenvalue weighted by Crippen LogP contribution is -2.29. The summed E-state index contributed by atoms with van der Waals surface area (Å²) in [6, 6.07) is 13.2. The Balaban J connectivity index is 1.91. The van der Waals surface area contributed by atoms with Crippen LogP contribution in [0.15, 0.2) is 42.0 Å². The summed E-state index contributed by atoms with van der Waals surface area (Å²) >= 11 is 0. The molecular weight excluding hydrogens is 196 g/mol. The lowest BCUT2D eigenvalue weighted by atomic mass is 10.1. The molecule has 0 amide bonds. The van der Waals surface area contributed by atoms with Gasteiger partial charge in [-0.15, -0.1) is 0 Å². The second-order valence-electron chi connectivity index (χ2n) is 4.34. The molecule has 0 heterocycles. The Bertz CT molecular complexity index is 414. The van der Waals surface area contributed by atoms with Gasteiger partial charge in [0.25, 0.3) is 0 Å². The first-order chi connectivity index (χ1) is 7.79. The summed E-state index contributed by atoms with van der Waals surface area (Å²) in [5.74, 6) is 0. The minimum atomic E-state index is 0.495. The van der Waals surface area contributed by atoms with E-state index in [0.717, 1.165) is 25.0 Å². The summed E-state index contributed by atoms with van der Waals surface area (Å²) in [4.78, 5) is 2.33. The van der Waals surface area contributed by atoms with Crippen LogP contribution in [0.1, 0.15) is 18.4 Å². The fourth-order valence-corrected chi connectivity index (χ4v) is 2.13. The van der Waals surface area contributed by atoms with Crippen molar-refractivity contribution in [1.29, 1.82) is 5.26 Å². The van der Waals surface area contributed by atoms with Crippen LogP contribution in [-0.2, 0) is 6.54 Å². The maximum atomic E-state index is 8.82. The van der Waals surface area contributed by atoms with E-state index in [1.807, 2.05) is 6.07 Å². The molecule has 2 heteroatoms. The summed E-state index contributed by atoms with van der Waals surface area (Å²) in [5, 5.41) is 8.82. The Labute approximate surface area is 96.8 Å². The molecule has 0 aliphatic heterocycles. The highest BCUT2D eigenvalue weighted by molar-refractivity contribution is 5.26. The molecule has 1 atom stereocenters. The molecule has 0 bridgehead atoms. The molecule has 2 nitrogen and oxygen atoms in total. The molecule has 2 rings (SSSR count). The van der Waals surface area contributed by atoms with Gasteiger partial charge in [-0.05, 0) is 25.5 Å². The van der Waals surface area contributed by atoms with Crippen molar-refractivity contribution in [2.75, 3.05) is 7.05 Å². The fraction of sp³-hybridized carbons (Fsp3) is 0.357. The van der Waals surface area contributed by atoms with Gasteiger partial charge < -0.3 is 0 Å². The Morgan fingerprint density at radius 2 is 2.12 bits per heavy atom. The van der Waals surface area contributed by atoms with E-state index in [1.54, 1.807) is 0 Å². The van der Waals surface area contributed by atoms with Crippen molar-refractivity contribution in [2.24, 2.45) is 0 Å². The second-order valence-corrected chi connectivity index (χ2v) is 4.34. The minimum absolute atomic E-state index is 0.495. The maximum absolute atomic E-state index is 8.82. The van der Waals surface area contributed by atoms with Gasteiger partial charge in [-0.1, -0.05) is 36.4 Å². The van der Waals surface area contributed by atoms with E-state index in [4.69, 9.17) is 5.26 Å². The normalized spacial score (nSPS) is 19.6. The third-order valence-electron chi connectivity index (χ3n) is 3.13. The van der Waals surface area contributed by atoms with Gasteiger partial charge in [0.15, 0.2) is 0 Å². The molecule has 0 spiro atoms. The maximum Gasteiger partial charge on any atom is 0.0944 e.